The van der Waals surface area contributed by atoms with Gasteiger partial charge in [-0.3, -0.25) is 19.2 Å². The highest BCUT2D eigenvalue weighted by Gasteiger charge is 2.31. The lowest BCUT2D eigenvalue weighted by Crippen LogP contribution is -2.59. The molecule has 0 spiro atoms. The Hall–Kier alpha value is -2.59. The first-order valence-electron chi connectivity index (χ1n) is 10.1. The predicted molar refractivity (Wildman–Crippen MR) is 121 cm³/mol. The number of carboxylic acid groups (broad SMARTS) is 1. The maximum absolute atomic E-state index is 13.1. The maximum atomic E-state index is 13.1. The third-order valence-electron chi connectivity index (χ3n) is 4.97. The van der Waals surface area contributed by atoms with E-state index in [-0.39, 0.29) is 18.1 Å². The molecule has 1 rings (SSSR count). The highest BCUT2D eigenvalue weighted by molar-refractivity contribution is 7.80. The zero-order valence-corrected chi connectivity index (χ0v) is 18.9. The number of hydrogen-bond donors (Lipinski definition) is 6. The van der Waals surface area contributed by atoms with Gasteiger partial charge >= 0.3 is 5.97 Å². The fourth-order valence-corrected chi connectivity index (χ4v) is 2.91. The molecule has 0 aliphatic carbocycles. The standard InChI is InChI=1S/C21H32N4O5S/c1-4-12(2)17(20(28)23-13(3)21(29)30)25-19(27)16(24-18(26)15(22)11-31)10-14-8-6-5-7-9-14/h5-9,12-13,15-17,31H,4,10-11,22H2,1-3H3,(H,23,28)(H,24,26)(H,25,27)(H,29,30). The van der Waals surface area contributed by atoms with Crippen molar-refractivity contribution in [3.63, 3.8) is 0 Å². The summed E-state index contributed by atoms with van der Waals surface area (Å²) in [5, 5.41) is 16.7. The summed E-state index contributed by atoms with van der Waals surface area (Å²) < 4.78 is 0. The Bertz CT molecular complexity index is 761. The number of nitrogens with two attached hydrogens (primary N) is 1. The third kappa shape index (κ3) is 8.58. The number of carboxylic acids is 1. The zero-order chi connectivity index (χ0) is 23.6. The minimum Gasteiger partial charge on any atom is -0.480 e. The van der Waals surface area contributed by atoms with E-state index in [4.69, 9.17) is 10.8 Å². The molecule has 6 N–H and O–H groups in total. The molecule has 3 amide bonds. The van der Waals surface area contributed by atoms with Crippen molar-refractivity contribution < 1.29 is 24.3 Å². The molecule has 0 fully saturated rings. The molecule has 1 aromatic carbocycles. The second-order valence-electron chi connectivity index (χ2n) is 7.48. The zero-order valence-electron chi connectivity index (χ0n) is 18.0. The monoisotopic (exact) mass is 452 g/mol. The summed E-state index contributed by atoms with van der Waals surface area (Å²) in [6.45, 7) is 4.97. The first kappa shape index (κ1) is 26.4. The smallest absolute Gasteiger partial charge is 0.325 e. The summed E-state index contributed by atoms with van der Waals surface area (Å²) in [5.74, 6) is -3.04. The van der Waals surface area contributed by atoms with Crippen molar-refractivity contribution in [3.05, 3.63) is 35.9 Å². The van der Waals surface area contributed by atoms with E-state index in [2.05, 4.69) is 28.6 Å². The van der Waals surface area contributed by atoms with Gasteiger partial charge in [-0.15, -0.1) is 0 Å². The fraction of sp³-hybridized carbons (Fsp3) is 0.524. The van der Waals surface area contributed by atoms with Gasteiger partial charge in [0.2, 0.25) is 17.7 Å². The maximum Gasteiger partial charge on any atom is 0.325 e. The molecule has 0 bridgehead atoms. The van der Waals surface area contributed by atoms with Crippen molar-refractivity contribution in [1.82, 2.24) is 16.0 Å². The van der Waals surface area contributed by atoms with Crippen LogP contribution in [0, 0.1) is 5.92 Å². The number of carbonyl (C=O) groups is 4. The summed E-state index contributed by atoms with van der Waals surface area (Å²) in [4.78, 5) is 49.1. The van der Waals surface area contributed by atoms with Gasteiger partial charge in [-0.1, -0.05) is 50.6 Å². The Morgan fingerprint density at radius 2 is 1.61 bits per heavy atom. The van der Waals surface area contributed by atoms with Crippen molar-refractivity contribution in [1.29, 1.82) is 0 Å². The molecule has 0 radical (unpaired) electrons. The van der Waals surface area contributed by atoms with Crippen LogP contribution in [0.15, 0.2) is 30.3 Å². The fourth-order valence-electron chi connectivity index (χ4n) is 2.74. The molecule has 0 aliphatic rings. The second kappa shape index (κ2) is 13.0. The van der Waals surface area contributed by atoms with Crippen LogP contribution < -0.4 is 21.7 Å². The van der Waals surface area contributed by atoms with Gasteiger partial charge in [0.05, 0.1) is 6.04 Å². The number of hydrogen-bond acceptors (Lipinski definition) is 6. The van der Waals surface area contributed by atoms with Gasteiger partial charge in [-0.25, -0.2) is 0 Å². The largest absolute Gasteiger partial charge is 0.480 e. The van der Waals surface area contributed by atoms with Gasteiger partial charge in [0.15, 0.2) is 0 Å². The van der Waals surface area contributed by atoms with E-state index in [0.29, 0.717) is 6.42 Å². The molecular weight excluding hydrogens is 420 g/mol. The molecule has 0 saturated carbocycles. The van der Waals surface area contributed by atoms with Crippen LogP contribution in [0.4, 0.5) is 0 Å². The predicted octanol–water partition coefficient (Wildman–Crippen LogP) is 0.0912. The first-order valence-corrected chi connectivity index (χ1v) is 10.8. The van der Waals surface area contributed by atoms with E-state index < -0.39 is 47.9 Å². The van der Waals surface area contributed by atoms with Crippen molar-refractivity contribution in [2.45, 2.75) is 57.8 Å². The Morgan fingerprint density at radius 1 is 1.00 bits per heavy atom. The van der Waals surface area contributed by atoms with Gasteiger partial charge in [-0.2, -0.15) is 12.6 Å². The SMILES string of the molecule is CCC(C)C(NC(=O)C(Cc1ccccc1)NC(=O)C(N)CS)C(=O)NC(C)C(=O)O. The Labute approximate surface area is 187 Å². The molecule has 5 unspecified atom stereocenters. The molecule has 172 valence electrons. The Kier molecular flexibility index (Phi) is 11.1. The van der Waals surface area contributed by atoms with Crippen molar-refractivity contribution in [3.8, 4) is 0 Å². The lowest BCUT2D eigenvalue weighted by Gasteiger charge is -2.27. The summed E-state index contributed by atoms with van der Waals surface area (Å²) in [5.41, 5.74) is 6.53. The van der Waals surface area contributed by atoms with E-state index in [1.807, 2.05) is 37.3 Å². The molecular formula is C21H32N4O5S. The van der Waals surface area contributed by atoms with Crippen LogP contribution in [0.3, 0.4) is 0 Å². The summed E-state index contributed by atoms with van der Waals surface area (Å²) in [6.07, 6.45) is 0.762. The lowest BCUT2D eigenvalue weighted by molar-refractivity contribution is -0.142. The summed E-state index contributed by atoms with van der Waals surface area (Å²) in [7, 11) is 0. The minimum atomic E-state index is -1.18. The topological polar surface area (TPSA) is 151 Å². The van der Waals surface area contributed by atoms with Gasteiger partial charge in [0, 0.05) is 12.2 Å². The quantitative estimate of drug-likeness (QED) is 0.247. The second-order valence-corrected chi connectivity index (χ2v) is 7.85. The van der Waals surface area contributed by atoms with Crippen LogP contribution in [0.25, 0.3) is 0 Å². The number of benzene rings is 1. The van der Waals surface area contributed by atoms with E-state index >= 15 is 0 Å². The molecule has 9 nitrogen and oxygen atoms in total. The van der Waals surface area contributed by atoms with Crippen LogP contribution in [-0.2, 0) is 25.6 Å². The molecule has 0 aliphatic heterocycles. The molecule has 0 aromatic heterocycles. The average Bonchev–Trinajstić information content (AvgIpc) is 2.75. The van der Waals surface area contributed by atoms with Crippen LogP contribution in [0.2, 0.25) is 0 Å². The van der Waals surface area contributed by atoms with E-state index in [0.717, 1.165) is 5.56 Å². The lowest BCUT2D eigenvalue weighted by atomic mass is 9.96. The van der Waals surface area contributed by atoms with Crippen LogP contribution in [0.5, 0.6) is 0 Å². The molecule has 5 atom stereocenters. The van der Waals surface area contributed by atoms with Crippen molar-refractivity contribution in [2.75, 3.05) is 5.75 Å². The molecule has 0 heterocycles. The highest BCUT2D eigenvalue weighted by Crippen LogP contribution is 2.10. The number of rotatable bonds is 12. The number of carbonyl (C=O) groups excluding carboxylic acids is 3. The van der Waals surface area contributed by atoms with Gasteiger partial charge in [-0.05, 0) is 18.4 Å². The number of thiol groups is 1. The first-order chi connectivity index (χ1) is 14.6. The van der Waals surface area contributed by atoms with Gasteiger partial charge in [0.1, 0.15) is 18.1 Å². The number of aliphatic carboxylic acids is 1. The Morgan fingerprint density at radius 3 is 2.13 bits per heavy atom. The summed E-state index contributed by atoms with van der Waals surface area (Å²) in [6, 6.07) is 5.16. The van der Waals surface area contributed by atoms with Crippen LogP contribution in [0.1, 0.15) is 32.8 Å². The highest BCUT2D eigenvalue weighted by atomic mass is 32.1. The summed E-state index contributed by atoms with van der Waals surface area (Å²) >= 11 is 4.01. The van der Waals surface area contributed by atoms with E-state index in [9.17, 15) is 19.2 Å². The van der Waals surface area contributed by atoms with Crippen molar-refractivity contribution in [2.24, 2.45) is 11.7 Å². The van der Waals surface area contributed by atoms with Crippen LogP contribution in [-0.4, -0.2) is 58.7 Å². The molecule has 31 heavy (non-hydrogen) atoms. The van der Waals surface area contributed by atoms with E-state index in [1.165, 1.54) is 6.92 Å². The normalized spacial score (nSPS) is 15.6. The molecule has 0 saturated heterocycles. The van der Waals surface area contributed by atoms with E-state index in [1.54, 1.807) is 6.92 Å². The minimum absolute atomic E-state index is 0.108. The average molecular weight is 453 g/mol. The Balaban J connectivity index is 3.05. The van der Waals surface area contributed by atoms with Crippen LogP contribution >= 0.6 is 12.6 Å². The van der Waals surface area contributed by atoms with Gasteiger partial charge in [0.25, 0.3) is 0 Å². The molecule has 1 aromatic rings. The van der Waals surface area contributed by atoms with Gasteiger partial charge < -0.3 is 26.8 Å². The number of nitrogens with one attached hydrogen (secondary N) is 3. The molecule has 10 heteroatoms. The number of amides is 3. The van der Waals surface area contributed by atoms with Crippen molar-refractivity contribution >= 4 is 36.3 Å². The third-order valence-corrected chi connectivity index (χ3v) is 5.36.